The van der Waals surface area contributed by atoms with E-state index in [4.69, 9.17) is 32.8 Å². The minimum atomic E-state index is -5.20. The monoisotopic (exact) mass is 496 g/mol. The summed E-state index contributed by atoms with van der Waals surface area (Å²) in [5, 5.41) is 0. The second-order valence-electron chi connectivity index (χ2n) is 8.00. The number of carbonyl (C=O) groups excluding carboxylic acids is 2. The van der Waals surface area contributed by atoms with Crippen LogP contribution in [0.2, 0.25) is 0 Å². The SMILES string of the molecule is [B]Cc1cc(C[B])c(C[B])c(C(=O)OC2CCCC(C(=O)OC(CS(=O)(=O)O)C(F)(F)F)C2)c1. The summed E-state index contributed by atoms with van der Waals surface area (Å²) < 4.78 is 79.6. The fraction of sp³-hybridized carbons (Fsp3) is 0.600. The lowest BCUT2D eigenvalue weighted by Crippen LogP contribution is -2.42. The first-order chi connectivity index (χ1) is 15.8. The molecule has 1 aliphatic rings. The molecule has 34 heavy (non-hydrogen) atoms. The predicted molar refractivity (Wildman–Crippen MR) is 118 cm³/mol. The third kappa shape index (κ3) is 7.79. The van der Waals surface area contributed by atoms with Crippen molar-refractivity contribution < 1.29 is 45.2 Å². The third-order valence-electron chi connectivity index (χ3n) is 5.50. The zero-order valence-electron chi connectivity index (χ0n) is 18.2. The molecule has 7 nitrogen and oxygen atoms in total. The van der Waals surface area contributed by atoms with Crippen molar-refractivity contribution in [3.8, 4) is 0 Å². The van der Waals surface area contributed by atoms with Crippen LogP contribution in [0.15, 0.2) is 12.1 Å². The number of hydrogen-bond acceptors (Lipinski definition) is 6. The Kier molecular flexibility index (Phi) is 9.70. The van der Waals surface area contributed by atoms with Crippen LogP contribution in [-0.2, 0) is 43.3 Å². The van der Waals surface area contributed by atoms with E-state index in [-0.39, 0.29) is 37.4 Å². The molecule has 1 fully saturated rings. The molecule has 180 valence electrons. The number of esters is 2. The molecule has 0 saturated heterocycles. The van der Waals surface area contributed by atoms with Crippen LogP contribution in [0, 0.1) is 5.92 Å². The highest BCUT2D eigenvalue weighted by atomic mass is 32.2. The summed E-state index contributed by atoms with van der Waals surface area (Å²) in [6.45, 7) is 0. The first-order valence-electron chi connectivity index (χ1n) is 10.5. The molecule has 0 amide bonds. The van der Waals surface area contributed by atoms with E-state index in [1.165, 1.54) is 6.07 Å². The van der Waals surface area contributed by atoms with Crippen LogP contribution in [0.25, 0.3) is 0 Å². The van der Waals surface area contributed by atoms with Gasteiger partial charge in [-0.1, -0.05) is 36.2 Å². The van der Waals surface area contributed by atoms with Gasteiger partial charge in [-0.15, -0.1) is 0 Å². The van der Waals surface area contributed by atoms with Crippen LogP contribution in [0.1, 0.15) is 52.7 Å². The minimum Gasteiger partial charge on any atom is -0.459 e. The fourth-order valence-corrected chi connectivity index (χ4v) is 4.46. The van der Waals surface area contributed by atoms with Gasteiger partial charge in [0.1, 0.15) is 11.9 Å². The average Bonchev–Trinajstić information content (AvgIpc) is 2.76. The molecule has 3 unspecified atom stereocenters. The molecule has 1 aliphatic carbocycles. The highest BCUT2D eigenvalue weighted by Crippen LogP contribution is 2.31. The molecule has 0 aliphatic heterocycles. The molecule has 0 bridgehead atoms. The Morgan fingerprint density at radius 2 is 1.79 bits per heavy atom. The van der Waals surface area contributed by atoms with Gasteiger partial charge < -0.3 is 9.47 Å². The molecule has 3 atom stereocenters. The summed E-state index contributed by atoms with van der Waals surface area (Å²) in [7, 11) is 12.1. The number of carbonyl (C=O) groups is 2. The molecule has 1 N–H and O–H groups in total. The second kappa shape index (κ2) is 11.7. The first-order valence-corrected chi connectivity index (χ1v) is 12.1. The zero-order chi connectivity index (χ0) is 25.7. The number of halogens is 3. The summed E-state index contributed by atoms with van der Waals surface area (Å²) in [4.78, 5) is 25.2. The van der Waals surface area contributed by atoms with Crippen molar-refractivity contribution >= 4 is 45.6 Å². The molecule has 6 radical (unpaired) electrons. The quantitative estimate of drug-likeness (QED) is 0.316. The molecular formula is C20H22B3F3O7S. The van der Waals surface area contributed by atoms with Crippen LogP contribution in [-0.4, -0.2) is 72.6 Å². The van der Waals surface area contributed by atoms with Gasteiger partial charge in [-0.25, -0.2) is 4.79 Å². The summed E-state index contributed by atoms with van der Waals surface area (Å²) in [6, 6.07) is 3.26. The summed E-state index contributed by atoms with van der Waals surface area (Å²) in [6.07, 6.45) is -7.97. The molecule has 1 aromatic carbocycles. The number of ether oxygens (including phenoxy) is 2. The van der Waals surface area contributed by atoms with Gasteiger partial charge in [-0.05, 0) is 37.3 Å². The summed E-state index contributed by atoms with van der Waals surface area (Å²) in [5.74, 6) is -4.88. The van der Waals surface area contributed by atoms with Gasteiger partial charge in [0.25, 0.3) is 10.1 Å². The maximum atomic E-state index is 13.1. The second-order valence-corrected chi connectivity index (χ2v) is 9.50. The van der Waals surface area contributed by atoms with Crippen molar-refractivity contribution in [2.45, 2.75) is 63.0 Å². The van der Waals surface area contributed by atoms with Gasteiger partial charge in [-0.2, -0.15) is 21.6 Å². The van der Waals surface area contributed by atoms with E-state index in [2.05, 4.69) is 4.74 Å². The molecule has 0 aromatic heterocycles. The fourth-order valence-electron chi connectivity index (χ4n) is 3.83. The van der Waals surface area contributed by atoms with Crippen molar-refractivity contribution in [1.29, 1.82) is 0 Å². The largest absolute Gasteiger partial charge is 0.459 e. The third-order valence-corrected chi connectivity index (χ3v) is 6.22. The highest BCUT2D eigenvalue weighted by molar-refractivity contribution is 7.85. The Hall–Kier alpha value is -1.95. The number of rotatable bonds is 9. The maximum Gasteiger partial charge on any atom is 0.426 e. The van der Waals surface area contributed by atoms with Gasteiger partial charge >= 0.3 is 18.1 Å². The summed E-state index contributed by atoms with van der Waals surface area (Å²) >= 11 is 0. The van der Waals surface area contributed by atoms with Crippen molar-refractivity contribution in [3.05, 3.63) is 34.4 Å². The molecule has 0 spiro atoms. The van der Waals surface area contributed by atoms with E-state index in [0.717, 1.165) is 0 Å². The molecule has 2 rings (SSSR count). The molecule has 1 saturated carbocycles. The highest BCUT2D eigenvalue weighted by Gasteiger charge is 2.46. The molecular weight excluding hydrogens is 474 g/mol. The topological polar surface area (TPSA) is 107 Å². The van der Waals surface area contributed by atoms with Crippen molar-refractivity contribution in [1.82, 2.24) is 0 Å². The number of benzene rings is 1. The number of alkyl halides is 3. The van der Waals surface area contributed by atoms with E-state index in [9.17, 15) is 31.2 Å². The van der Waals surface area contributed by atoms with Crippen LogP contribution in [0.3, 0.4) is 0 Å². The summed E-state index contributed by atoms with van der Waals surface area (Å²) in [5.41, 5.74) is 1.90. The average molecular weight is 496 g/mol. The normalized spacial score (nSPS) is 19.9. The van der Waals surface area contributed by atoms with Gasteiger partial charge in [0, 0.05) is 0 Å². The van der Waals surface area contributed by atoms with Gasteiger partial charge in [0.15, 0.2) is 0 Å². The van der Waals surface area contributed by atoms with Crippen molar-refractivity contribution in [2.24, 2.45) is 5.92 Å². The van der Waals surface area contributed by atoms with Gasteiger partial charge in [0.05, 0.1) is 35.0 Å². The maximum absolute atomic E-state index is 13.1. The van der Waals surface area contributed by atoms with Crippen LogP contribution < -0.4 is 0 Å². The Morgan fingerprint density at radius 1 is 1.12 bits per heavy atom. The predicted octanol–water partition coefficient (Wildman–Crippen LogP) is 1.77. The zero-order valence-corrected chi connectivity index (χ0v) is 19.0. The lowest BCUT2D eigenvalue weighted by Gasteiger charge is -2.29. The van der Waals surface area contributed by atoms with Crippen molar-refractivity contribution in [3.63, 3.8) is 0 Å². The Bertz CT molecular complexity index is 1000. The lowest BCUT2D eigenvalue weighted by molar-refractivity contribution is -0.218. The van der Waals surface area contributed by atoms with E-state index >= 15 is 0 Å². The smallest absolute Gasteiger partial charge is 0.426 e. The standard InChI is InChI=1S/C20H22B3F3O7S/c21-7-11-4-13(8-22)16(9-23)15(5-11)19(28)32-14-3-1-2-12(6-14)18(27)33-17(20(24,25)26)10-34(29,30)31/h4-5,12,14,17H,1-3,6-10H2,(H,29,30,31). The van der Waals surface area contributed by atoms with Crippen LogP contribution >= 0.6 is 0 Å². The minimum absolute atomic E-state index is 0.00797. The van der Waals surface area contributed by atoms with E-state index < -0.39 is 52.1 Å². The molecule has 14 heteroatoms. The Balaban J connectivity index is 2.13. The van der Waals surface area contributed by atoms with E-state index in [0.29, 0.717) is 29.5 Å². The van der Waals surface area contributed by atoms with Crippen LogP contribution in [0.5, 0.6) is 0 Å². The van der Waals surface area contributed by atoms with E-state index in [1.54, 1.807) is 6.07 Å². The van der Waals surface area contributed by atoms with Crippen molar-refractivity contribution in [2.75, 3.05) is 5.75 Å². The molecule has 1 aromatic rings. The van der Waals surface area contributed by atoms with Gasteiger partial charge in [0.2, 0.25) is 6.10 Å². The lowest BCUT2D eigenvalue weighted by atomic mass is 9.81. The Morgan fingerprint density at radius 3 is 2.32 bits per heavy atom. The van der Waals surface area contributed by atoms with Crippen LogP contribution in [0.4, 0.5) is 13.2 Å². The van der Waals surface area contributed by atoms with Gasteiger partial charge in [-0.3, -0.25) is 9.35 Å². The number of hydrogen-bond donors (Lipinski definition) is 1. The Labute approximate surface area is 200 Å². The van der Waals surface area contributed by atoms with E-state index in [1.807, 2.05) is 0 Å². The molecule has 0 heterocycles. The first kappa shape index (κ1) is 28.3.